The van der Waals surface area contributed by atoms with Gasteiger partial charge in [0.1, 0.15) is 0 Å². The zero-order chi connectivity index (χ0) is 24.3. The minimum Gasteiger partial charge on any atom is -0.325 e. The van der Waals surface area contributed by atoms with Gasteiger partial charge in [0.05, 0.1) is 21.6 Å². The maximum absolute atomic E-state index is 12.2. The van der Waals surface area contributed by atoms with E-state index in [0.29, 0.717) is 11.5 Å². The molecule has 4 aromatic rings. The molecule has 0 saturated carbocycles. The van der Waals surface area contributed by atoms with Crippen molar-refractivity contribution in [1.29, 1.82) is 0 Å². The molecule has 0 aliphatic rings. The van der Waals surface area contributed by atoms with Gasteiger partial charge in [0.2, 0.25) is 11.8 Å². The Labute approximate surface area is 216 Å². The number of carbonyl (C=O) groups excluding carboxylic acids is 2. The molecule has 0 bridgehead atoms. The van der Waals surface area contributed by atoms with Gasteiger partial charge in [0.15, 0.2) is 0 Å². The van der Waals surface area contributed by atoms with Crippen LogP contribution in [0.1, 0.15) is 0 Å². The lowest BCUT2D eigenvalue weighted by Crippen LogP contribution is -2.14. The van der Waals surface area contributed by atoms with Crippen LogP contribution in [0.4, 0.5) is 11.4 Å². The largest absolute Gasteiger partial charge is 0.325 e. The fraction of sp³-hybridized carbons (Fsp3) is 0.0769. The van der Waals surface area contributed by atoms with Crippen molar-refractivity contribution < 1.29 is 9.59 Å². The first-order valence-electron chi connectivity index (χ1n) is 10.7. The molecule has 176 valence electrons. The van der Waals surface area contributed by atoms with Crippen LogP contribution in [-0.2, 0) is 9.59 Å². The Kier molecular flexibility index (Phi) is 9.22. The first-order chi connectivity index (χ1) is 17.1. The van der Waals surface area contributed by atoms with Crippen LogP contribution < -0.4 is 10.6 Å². The van der Waals surface area contributed by atoms with Gasteiger partial charge in [-0.3, -0.25) is 9.59 Å². The molecule has 2 amide bonds. The number of carbonyl (C=O) groups is 2. The predicted octanol–water partition coefficient (Wildman–Crippen LogP) is 6.09. The van der Waals surface area contributed by atoms with Crippen LogP contribution in [0.5, 0.6) is 0 Å². The first kappa shape index (κ1) is 24.8. The summed E-state index contributed by atoms with van der Waals surface area (Å²) in [5, 5.41) is 7.46. The average molecular weight is 519 g/mol. The number of hydrogen-bond donors (Lipinski definition) is 2. The number of aromatic nitrogens is 2. The van der Waals surface area contributed by atoms with Gasteiger partial charge in [-0.15, -0.1) is 0 Å². The number of rotatable bonds is 10. The second-order valence-electron chi connectivity index (χ2n) is 7.16. The molecule has 2 N–H and O–H groups in total. The molecule has 0 spiro atoms. The zero-order valence-corrected chi connectivity index (χ0v) is 21.0. The summed E-state index contributed by atoms with van der Waals surface area (Å²) in [5.74, 6) is 0.463. The minimum absolute atomic E-state index is 0.0721. The van der Waals surface area contributed by atoms with Gasteiger partial charge < -0.3 is 10.6 Å². The van der Waals surface area contributed by atoms with Crippen LogP contribution in [0.2, 0.25) is 0 Å². The number of nitrogens with one attached hydrogen (secondary N) is 2. The summed E-state index contributed by atoms with van der Waals surface area (Å²) in [6, 6.07) is 26.7. The van der Waals surface area contributed by atoms with Crippen molar-refractivity contribution in [3.05, 3.63) is 97.3 Å². The lowest BCUT2D eigenvalue weighted by Gasteiger charge is -2.08. The van der Waals surface area contributed by atoms with E-state index in [1.165, 1.54) is 23.5 Å². The standard InChI is InChI=1S/C26H22N4O2S3/c31-23(17-33-25-5-1-3-15-27-25)29-19-7-11-21(12-8-19)35-22-13-9-20(10-14-22)30-24(32)18-34-26-6-2-4-16-28-26/h1-16H,17-18H2,(H,29,31)(H,30,32). The van der Waals surface area contributed by atoms with Crippen molar-refractivity contribution in [3.63, 3.8) is 0 Å². The summed E-state index contributed by atoms with van der Waals surface area (Å²) in [6.45, 7) is 0. The Morgan fingerprint density at radius 1 is 0.600 bits per heavy atom. The number of benzene rings is 2. The Bertz CT molecular complexity index is 1140. The van der Waals surface area contributed by atoms with Gasteiger partial charge >= 0.3 is 0 Å². The summed E-state index contributed by atoms with van der Waals surface area (Å²) in [7, 11) is 0. The maximum Gasteiger partial charge on any atom is 0.234 e. The average Bonchev–Trinajstić information content (AvgIpc) is 2.90. The van der Waals surface area contributed by atoms with Gasteiger partial charge in [-0.1, -0.05) is 47.4 Å². The van der Waals surface area contributed by atoms with Crippen LogP contribution in [0.15, 0.2) is 117 Å². The molecule has 0 fully saturated rings. The Hall–Kier alpha value is -3.27. The van der Waals surface area contributed by atoms with E-state index in [-0.39, 0.29) is 11.8 Å². The van der Waals surface area contributed by atoms with Gasteiger partial charge in [-0.05, 0) is 72.8 Å². The molecule has 2 heterocycles. The topological polar surface area (TPSA) is 84.0 Å². The summed E-state index contributed by atoms with van der Waals surface area (Å²) < 4.78 is 0. The number of amides is 2. The molecule has 0 aliphatic heterocycles. The van der Waals surface area contributed by atoms with Crippen molar-refractivity contribution in [2.45, 2.75) is 19.8 Å². The van der Waals surface area contributed by atoms with E-state index in [1.54, 1.807) is 24.2 Å². The zero-order valence-electron chi connectivity index (χ0n) is 18.6. The number of pyridine rings is 2. The summed E-state index contributed by atoms with van der Waals surface area (Å²) in [4.78, 5) is 34.9. The Balaban J connectivity index is 1.21. The molecule has 2 aromatic carbocycles. The van der Waals surface area contributed by atoms with E-state index in [0.717, 1.165) is 31.2 Å². The number of hydrogen-bond acceptors (Lipinski definition) is 7. The highest BCUT2D eigenvalue weighted by Gasteiger charge is 2.07. The van der Waals surface area contributed by atoms with Gasteiger partial charge in [0, 0.05) is 33.6 Å². The highest BCUT2D eigenvalue weighted by Crippen LogP contribution is 2.29. The van der Waals surface area contributed by atoms with Crippen LogP contribution >= 0.6 is 35.3 Å². The van der Waals surface area contributed by atoms with E-state index >= 15 is 0 Å². The highest BCUT2D eigenvalue weighted by molar-refractivity contribution is 8.00. The quantitative estimate of drug-likeness (QED) is 0.246. The smallest absolute Gasteiger partial charge is 0.234 e. The monoisotopic (exact) mass is 518 g/mol. The molecule has 0 radical (unpaired) electrons. The number of anilines is 2. The van der Waals surface area contributed by atoms with E-state index in [4.69, 9.17) is 0 Å². The van der Waals surface area contributed by atoms with Crippen molar-refractivity contribution in [2.24, 2.45) is 0 Å². The highest BCUT2D eigenvalue weighted by atomic mass is 32.2. The maximum atomic E-state index is 12.2. The first-order valence-corrected chi connectivity index (χ1v) is 13.5. The molecule has 35 heavy (non-hydrogen) atoms. The van der Waals surface area contributed by atoms with Crippen LogP contribution in [0.3, 0.4) is 0 Å². The molecule has 0 atom stereocenters. The normalized spacial score (nSPS) is 10.5. The predicted molar refractivity (Wildman–Crippen MR) is 144 cm³/mol. The van der Waals surface area contributed by atoms with Crippen molar-refractivity contribution in [2.75, 3.05) is 22.1 Å². The molecule has 0 unspecified atom stereocenters. The molecular formula is C26H22N4O2S3. The molecular weight excluding hydrogens is 497 g/mol. The van der Waals surface area contributed by atoms with Crippen LogP contribution in [-0.4, -0.2) is 33.3 Å². The molecule has 0 aliphatic carbocycles. The number of nitrogens with zero attached hydrogens (tertiary/aromatic N) is 2. The molecule has 9 heteroatoms. The molecule has 6 nitrogen and oxygen atoms in total. The summed E-state index contributed by atoms with van der Waals surface area (Å²) >= 11 is 4.41. The van der Waals surface area contributed by atoms with E-state index in [2.05, 4.69) is 20.6 Å². The lowest BCUT2D eigenvalue weighted by molar-refractivity contribution is -0.114. The lowest BCUT2D eigenvalue weighted by atomic mass is 10.3. The third-order valence-electron chi connectivity index (χ3n) is 4.49. The van der Waals surface area contributed by atoms with Crippen LogP contribution in [0, 0.1) is 0 Å². The second kappa shape index (κ2) is 13.0. The van der Waals surface area contributed by atoms with Crippen molar-refractivity contribution in [1.82, 2.24) is 9.97 Å². The van der Waals surface area contributed by atoms with Gasteiger partial charge in [-0.2, -0.15) is 0 Å². The fourth-order valence-corrected chi connectivity index (χ4v) is 5.03. The van der Waals surface area contributed by atoms with E-state index in [1.807, 2.05) is 84.9 Å². The molecule has 2 aromatic heterocycles. The third-order valence-corrected chi connectivity index (χ3v) is 7.39. The van der Waals surface area contributed by atoms with Gasteiger partial charge in [-0.25, -0.2) is 9.97 Å². The Morgan fingerprint density at radius 2 is 1.03 bits per heavy atom. The molecule has 0 saturated heterocycles. The fourth-order valence-electron chi connectivity index (χ4n) is 2.89. The molecule has 4 rings (SSSR count). The summed E-state index contributed by atoms with van der Waals surface area (Å²) in [5.41, 5.74) is 1.50. The van der Waals surface area contributed by atoms with Crippen LogP contribution in [0.25, 0.3) is 0 Å². The minimum atomic E-state index is -0.0721. The van der Waals surface area contributed by atoms with Crippen molar-refractivity contribution in [3.8, 4) is 0 Å². The van der Waals surface area contributed by atoms with Crippen molar-refractivity contribution >= 4 is 58.5 Å². The van der Waals surface area contributed by atoms with E-state index in [9.17, 15) is 9.59 Å². The number of thioether (sulfide) groups is 2. The second-order valence-corrected chi connectivity index (χ2v) is 10.3. The SMILES string of the molecule is O=C(CSc1ccccn1)Nc1ccc(Sc2ccc(NC(=O)CSc3ccccn3)cc2)cc1. The van der Waals surface area contributed by atoms with Gasteiger partial charge in [0.25, 0.3) is 0 Å². The Morgan fingerprint density at radius 3 is 1.40 bits per heavy atom. The third kappa shape index (κ3) is 8.47. The summed E-state index contributed by atoms with van der Waals surface area (Å²) in [6.07, 6.45) is 3.43. The van der Waals surface area contributed by atoms with E-state index < -0.39 is 0 Å².